The first kappa shape index (κ1) is 9.41. The molecule has 80 valence electrons. The molecule has 0 saturated heterocycles. The summed E-state index contributed by atoms with van der Waals surface area (Å²) in [5, 5.41) is 12.0. The summed E-state index contributed by atoms with van der Waals surface area (Å²) >= 11 is 3.41. The van der Waals surface area contributed by atoms with E-state index in [-0.39, 0.29) is 0 Å². The maximum atomic E-state index is 4.25. The predicted octanol–water partition coefficient (Wildman–Crippen LogP) is 0.0746. The van der Waals surface area contributed by atoms with E-state index in [9.17, 15) is 0 Å². The van der Waals surface area contributed by atoms with Crippen molar-refractivity contribution in [2.45, 2.75) is 0 Å². The summed E-state index contributed by atoms with van der Waals surface area (Å²) in [6.45, 7) is 0. The molecule has 3 rings (SSSR count). The summed E-state index contributed by atoms with van der Waals surface area (Å²) in [6.07, 6.45) is 5.48. The molecule has 1 aliphatic heterocycles. The van der Waals surface area contributed by atoms with E-state index in [1.54, 1.807) is 16.1 Å². The molecule has 2 heterocycles. The van der Waals surface area contributed by atoms with Crippen LogP contribution in [0.2, 0.25) is 0 Å². The third-order valence-electron chi connectivity index (χ3n) is 2.24. The zero-order chi connectivity index (χ0) is 11.0. The Morgan fingerprint density at radius 1 is 1.31 bits per heavy atom. The zero-order valence-electron chi connectivity index (χ0n) is 8.21. The highest BCUT2D eigenvalue weighted by Gasteiger charge is 2.04. The highest BCUT2D eigenvalue weighted by molar-refractivity contribution is 9.10. The summed E-state index contributed by atoms with van der Waals surface area (Å²) in [4.78, 5) is 1.66. The smallest absolute Gasteiger partial charge is 0.0949 e. The Kier molecular flexibility index (Phi) is 2.14. The molecule has 0 radical (unpaired) electrons. The molecule has 16 heavy (non-hydrogen) atoms. The van der Waals surface area contributed by atoms with Crippen molar-refractivity contribution in [3.63, 3.8) is 0 Å². The molecule has 0 spiro atoms. The Morgan fingerprint density at radius 3 is 3.06 bits per heavy atom. The van der Waals surface area contributed by atoms with E-state index in [4.69, 9.17) is 0 Å². The topological polar surface area (TPSA) is 45.5 Å². The van der Waals surface area contributed by atoms with Gasteiger partial charge in [0.1, 0.15) is 0 Å². The maximum absolute atomic E-state index is 4.25. The van der Waals surface area contributed by atoms with Crippen molar-refractivity contribution in [3.8, 4) is 0 Å². The van der Waals surface area contributed by atoms with Crippen molar-refractivity contribution in [1.82, 2.24) is 15.4 Å². The van der Waals surface area contributed by atoms with Gasteiger partial charge >= 0.3 is 0 Å². The van der Waals surface area contributed by atoms with Crippen LogP contribution in [-0.4, -0.2) is 9.89 Å². The molecule has 0 atom stereocenters. The molecule has 0 bridgehead atoms. The first-order valence-corrected chi connectivity index (χ1v) is 5.52. The third kappa shape index (κ3) is 1.57. The molecule has 2 aromatic rings. The molecule has 6 heteroatoms. The quantitative estimate of drug-likeness (QED) is 0.803. The van der Waals surface area contributed by atoms with Crippen LogP contribution in [0.1, 0.15) is 0 Å². The van der Waals surface area contributed by atoms with Crippen molar-refractivity contribution in [2.24, 2.45) is 5.10 Å². The molecule has 0 aliphatic carbocycles. The fourth-order valence-electron chi connectivity index (χ4n) is 1.48. The van der Waals surface area contributed by atoms with E-state index >= 15 is 0 Å². The lowest BCUT2D eigenvalue weighted by Crippen LogP contribution is -2.48. The van der Waals surface area contributed by atoms with Crippen LogP contribution in [0.3, 0.4) is 0 Å². The highest BCUT2D eigenvalue weighted by Crippen LogP contribution is 2.02. The van der Waals surface area contributed by atoms with Gasteiger partial charge in [-0.3, -0.25) is 0 Å². The van der Waals surface area contributed by atoms with E-state index in [0.717, 1.165) is 15.0 Å². The summed E-state index contributed by atoms with van der Waals surface area (Å²) in [7, 11) is 0. The Morgan fingerprint density at radius 2 is 2.25 bits per heavy atom. The normalized spacial score (nSPS) is 13.4. The average Bonchev–Trinajstić information content (AvgIpc) is 2.82. The van der Waals surface area contributed by atoms with Gasteiger partial charge in [-0.15, -0.1) is 0 Å². The van der Waals surface area contributed by atoms with Crippen LogP contribution in [0.25, 0.3) is 6.20 Å². The standard InChI is InChI=1S/C10H8BrN5/c11-9-3-2-8-7-16(14-13-10(8)6-9)15-5-1-4-12-15/h1-7,14H. The second-order valence-corrected chi connectivity index (χ2v) is 4.23. The molecule has 1 aliphatic rings. The molecule has 1 aromatic carbocycles. The van der Waals surface area contributed by atoms with Crippen LogP contribution in [0, 0.1) is 0 Å². The lowest BCUT2D eigenvalue weighted by molar-refractivity contribution is 0.526. The van der Waals surface area contributed by atoms with Gasteiger partial charge in [-0.05, 0) is 18.2 Å². The minimum absolute atomic E-state index is 0.901. The van der Waals surface area contributed by atoms with Gasteiger partial charge in [0.2, 0.25) is 0 Å². The number of hydrazine groups is 1. The number of aromatic nitrogens is 2. The van der Waals surface area contributed by atoms with Crippen LogP contribution < -0.4 is 21.2 Å². The van der Waals surface area contributed by atoms with Crippen molar-refractivity contribution >= 4 is 22.1 Å². The van der Waals surface area contributed by atoms with Crippen LogP contribution in [-0.2, 0) is 0 Å². The van der Waals surface area contributed by atoms with Crippen molar-refractivity contribution in [1.29, 1.82) is 0 Å². The fraction of sp³-hybridized carbons (Fsp3) is 0. The molecule has 0 fully saturated rings. The van der Waals surface area contributed by atoms with Crippen LogP contribution in [0.15, 0.2) is 46.2 Å². The molecule has 1 aromatic heterocycles. The van der Waals surface area contributed by atoms with Crippen LogP contribution >= 0.6 is 15.9 Å². The maximum Gasteiger partial charge on any atom is 0.0949 e. The van der Waals surface area contributed by atoms with E-state index in [1.807, 2.05) is 36.7 Å². The Balaban J connectivity index is 2.10. The van der Waals surface area contributed by atoms with Crippen molar-refractivity contribution < 1.29 is 0 Å². The first-order chi connectivity index (χ1) is 7.83. The highest BCUT2D eigenvalue weighted by atomic mass is 79.9. The SMILES string of the molecule is Brc1ccc2c(c1)=NNN(n1cccn1)C=2. The van der Waals surface area contributed by atoms with Gasteiger partial charge in [0.25, 0.3) is 0 Å². The number of halogens is 1. The monoisotopic (exact) mass is 277 g/mol. The van der Waals surface area contributed by atoms with Crippen LogP contribution in [0.5, 0.6) is 0 Å². The number of hydrogen-bond donors (Lipinski definition) is 1. The number of benzene rings is 1. The van der Waals surface area contributed by atoms with Gasteiger partial charge in [0, 0.05) is 9.69 Å². The first-order valence-electron chi connectivity index (χ1n) is 4.73. The van der Waals surface area contributed by atoms with E-state index in [1.165, 1.54) is 0 Å². The van der Waals surface area contributed by atoms with E-state index in [0.29, 0.717) is 0 Å². The average molecular weight is 278 g/mol. The number of fused-ring (bicyclic) bond motifs is 1. The fourth-order valence-corrected chi connectivity index (χ4v) is 1.83. The van der Waals surface area contributed by atoms with Crippen molar-refractivity contribution in [3.05, 3.63) is 51.7 Å². The molecule has 1 N–H and O–H groups in total. The number of nitrogens with one attached hydrogen (secondary N) is 1. The molecular weight excluding hydrogens is 270 g/mol. The molecule has 5 nitrogen and oxygen atoms in total. The molecule has 0 unspecified atom stereocenters. The van der Waals surface area contributed by atoms with Gasteiger partial charge in [-0.2, -0.15) is 25.6 Å². The van der Waals surface area contributed by atoms with Crippen LogP contribution in [0.4, 0.5) is 0 Å². The second-order valence-electron chi connectivity index (χ2n) is 3.32. The number of hydrogen-bond acceptors (Lipinski definition) is 4. The lowest BCUT2D eigenvalue weighted by atomic mass is 10.3. The minimum Gasteiger partial charge on any atom is -0.197 e. The van der Waals surface area contributed by atoms with Gasteiger partial charge in [0.15, 0.2) is 0 Å². The minimum atomic E-state index is 0.901. The lowest BCUT2D eigenvalue weighted by Gasteiger charge is -2.20. The second kappa shape index (κ2) is 3.64. The predicted molar refractivity (Wildman–Crippen MR) is 63.0 cm³/mol. The largest absolute Gasteiger partial charge is 0.197 e. The Bertz CT molecular complexity index is 619. The van der Waals surface area contributed by atoms with E-state index < -0.39 is 0 Å². The number of nitrogens with zero attached hydrogens (tertiary/aromatic N) is 4. The van der Waals surface area contributed by atoms with Gasteiger partial charge in [-0.1, -0.05) is 22.0 Å². The van der Waals surface area contributed by atoms with Gasteiger partial charge in [0.05, 0.1) is 24.0 Å². The zero-order valence-corrected chi connectivity index (χ0v) is 9.79. The Labute approximate surface area is 99.7 Å². The van der Waals surface area contributed by atoms with Crippen molar-refractivity contribution in [2.75, 3.05) is 5.12 Å². The molecular formula is C10H8BrN5. The summed E-state index contributed by atoms with van der Waals surface area (Å²) in [5.41, 5.74) is 2.89. The third-order valence-corrected chi connectivity index (χ3v) is 2.73. The summed E-state index contributed by atoms with van der Waals surface area (Å²) in [6, 6.07) is 7.80. The molecule has 0 saturated carbocycles. The van der Waals surface area contributed by atoms with Gasteiger partial charge in [-0.25, -0.2) is 0 Å². The van der Waals surface area contributed by atoms with Gasteiger partial charge < -0.3 is 0 Å². The summed E-state index contributed by atoms with van der Waals surface area (Å²) in [5.74, 6) is 0. The molecule has 0 amide bonds. The van der Waals surface area contributed by atoms with E-state index in [2.05, 4.69) is 31.7 Å². The Hall–Kier alpha value is -1.82. The summed E-state index contributed by atoms with van der Waals surface area (Å²) < 4.78 is 1.01. The number of rotatable bonds is 1.